The Morgan fingerprint density at radius 2 is 2.47 bits per heavy atom. The number of aromatic nitrogens is 2. The first-order valence-corrected chi connectivity index (χ1v) is 4.70. The van der Waals surface area contributed by atoms with Gasteiger partial charge < -0.3 is 0 Å². The van der Waals surface area contributed by atoms with Gasteiger partial charge in [-0.3, -0.25) is 5.10 Å². The lowest BCUT2D eigenvalue weighted by Crippen LogP contribution is -1.83. The molecule has 0 aliphatic rings. The summed E-state index contributed by atoms with van der Waals surface area (Å²) in [6, 6.07) is 2.01. The number of hydrogen-bond acceptors (Lipinski definition) is 2. The van der Waals surface area contributed by atoms with E-state index >= 15 is 0 Å². The summed E-state index contributed by atoms with van der Waals surface area (Å²) in [6.07, 6.45) is 6.71. The molecule has 1 aromatic heterocycles. The molecule has 0 amide bonds. The molecule has 0 saturated heterocycles. The van der Waals surface area contributed by atoms with Gasteiger partial charge in [-0.15, -0.1) is 0 Å². The molecule has 4 heteroatoms. The van der Waals surface area contributed by atoms with Crippen LogP contribution >= 0.6 is 11.6 Å². The third kappa shape index (κ3) is 2.58. The van der Waals surface area contributed by atoms with Gasteiger partial charge in [0.1, 0.15) is 11.8 Å². The van der Waals surface area contributed by atoms with E-state index in [0.29, 0.717) is 16.3 Å². The van der Waals surface area contributed by atoms with Gasteiger partial charge in [-0.1, -0.05) is 30.3 Å². The van der Waals surface area contributed by atoms with Crippen LogP contribution in [0.4, 0.5) is 0 Å². The highest BCUT2D eigenvalue weighted by atomic mass is 35.5. The smallest absolute Gasteiger partial charge is 0.143 e. The van der Waals surface area contributed by atoms with Crippen LogP contribution in [0.1, 0.15) is 18.2 Å². The van der Waals surface area contributed by atoms with Crippen molar-refractivity contribution in [2.45, 2.75) is 6.92 Å². The van der Waals surface area contributed by atoms with Crippen LogP contribution in [-0.4, -0.2) is 10.2 Å². The maximum Gasteiger partial charge on any atom is 0.143 e. The topological polar surface area (TPSA) is 52.5 Å². The van der Waals surface area contributed by atoms with Crippen molar-refractivity contribution in [2.75, 3.05) is 0 Å². The van der Waals surface area contributed by atoms with E-state index in [4.69, 9.17) is 16.9 Å². The lowest BCUT2D eigenvalue weighted by molar-refractivity contribution is 1.07. The minimum atomic E-state index is 0.404. The second-order valence-corrected chi connectivity index (χ2v) is 3.18. The fourth-order valence-electron chi connectivity index (χ4n) is 1.07. The largest absolute Gasteiger partial charge is 0.267 e. The van der Waals surface area contributed by atoms with Gasteiger partial charge in [0.2, 0.25) is 0 Å². The molecular weight excluding hydrogens is 210 g/mol. The molecule has 1 heterocycles. The van der Waals surface area contributed by atoms with Crippen molar-refractivity contribution in [3.63, 3.8) is 0 Å². The zero-order valence-corrected chi connectivity index (χ0v) is 9.04. The molecule has 1 rings (SSSR count). The summed E-state index contributed by atoms with van der Waals surface area (Å²) in [5.74, 6) is 0. The number of nitrogens with one attached hydrogen (secondary N) is 1. The number of halogens is 1. The highest BCUT2D eigenvalue weighted by Crippen LogP contribution is 2.20. The second kappa shape index (κ2) is 5.18. The van der Waals surface area contributed by atoms with Crippen LogP contribution in [0.25, 0.3) is 5.57 Å². The Labute approximate surface area is 93.4 Å². The average Bonchev–Trinajstić information content (AvgIpc) is 2.73. The van der Waals surface area contributed by atoms with Gasteiger partial charge in [0, 0.05) is 10.6 Å². The third-order valence-electron chi connectivity index (χ3n) is 1.85. The first kappa shape index (κ1) is 11.3. The molecule has 0 radical (unpaired) electrons. The van der Waals surface area contributed by atoms with Crippen molar-refractivity contribution < 1.29 is 0 Å². The molecule has 1 aromatic rings. The Hall–Kier alpha value is -1.79. The maximum absolute atomic E-state index is 8.81. The highest BCUT2D eigenvalue weighted by molar-refractivity contribution is 6.31. The molecule has 0 spiro atoms. The van der Waals surface area contributed by atoms with E-state index in [9.17, 15) is 0 Å². The summed E-state index contributed by atoms with van der Waals surface area (Å²) in [5.41, 5.74) is 1.87. The normalized spacial score (nSPS) is 12.3. The minimum Gasteiger partial charge on any atom is -0.267 e. The number of nitriles is 1. The molecule has 0 aliphatic heterocycles. The number of rotatable bonds is 3. The van der Waals surface area contributed by atoms with Gasteiger partial charge in [0.05, 0.1) is 6.20 Å². The van der Waals surface area contributed by atoms with E-state index in [1.165, 1.54) is 0 Å². The second-order valence-electron chi connectivity index (χ2n) is 2.75. The van der Waals surface area contributed by atoms with Crippen LogP contribution < -0.4 is 0 Å². The number of aromatic amines is 1. The van der Waals surface area contributed by atoms with Crippen molar-refractivity contribution in [1.82, 2.24) is 10.2 Å². The number of allylic oxidation sites excluding steroid dienone is 5. The van der Waals surface area contributed by atoms with Gasteiger partial charge in [-0.2, -0.15) is 10.4 Å². The van der Waals surface area contributed by atoms with Crippen LogP contribution in [0, 0.1) is 11.3 Å². The first-order valence-electron chi connectivity index (χ1n) is 4.32. The van der Waals surface area contributed by atoms with E-state index in [1.807, 2.05) is 13.0 Å². The van der Waals surface area contributed by atoms with Crippen molar-refractivity contribution in [1.29, 1.82) is 5.26 Å². The number of hydrogen-bond donors (Lipinski definition) is 1. The predicted molar refractivity (Wildman–Crippen MR) is 61.1 cm³/mol. The SMILES string of the molecule is C=C/C(=C\C(Cl)=C/C)c1cn[nH]c1C#N. The van der Waals surface area contributed by atoms with E-state index in [1.54, 1.807) is 24.4 Å². The van der Waals surface area contributed by atoms with Gasteiger partial charge in [0.25, 0.3) is 0 Å². The molecule has 0 aromatic carbocycles. The minimum absolute atomic E-state index is 0.404. The Bertz CT molecular complexity index is 460. The molecule has 3 nitrogen and oxygen atoms in total. The Morgan fingerprint density at radius 1 is 1.73 bits per heavy atom. The van der Waals surface area contributed by atoms with Crippen molar-refractivity contribution in [3.8, 4) is 6.07 Å². The highest BCUT2D eigenvalue weighted by Gasteiger charge is 2.07. The Kier molecular flexibility index (Phi) is 3.90. The van der Waals surface area contributed by atoms with Gasteiger partial charge >= 0.3 is 0 Å². The lowest BCUT2D eigenvalue weighted by Gasteiger charge is -1.98. The van der Waals surface area contributed by atoms with Gasteiger partial charge in [-0.25, -0.2) is 0 Å². The molecule has 76 valence electrons. The molecule has 0 bridgehead atoms. The fraction of sp³-hybridized carbons (Fsp3) is 0.0909. The van der Waals surface area contributed by atoms with Crippen molar-refractivity contribution in [2.24, 2.45) is 0 Å². The number of H-pyrrole nitrogens is 1. The summed E-state index contributed by atoms with van der Waals surface area (Å²) in [7, 11) is 0. The average molecular weight is 220 g/mol. The fourth-order valence-corrected chi connectivity index (χ4v) is 1.19. The summed E-state index contributed by atoms with van der Waals surface area (Å²) in [4.78, 5) is 0. The van der Waals surface area contributed by atoms with Crippen LogP contribution in [-0.2, 0) is 0 Å². The Morgan fingerprint density at radius 3 is 3.00 bits per heavy atom. The summed E-state index contributed by atoms with van der Waals surface area (Å²) in [6.45, 7) is 5.51. The quantitative estimate of drug-likeness (QED) is 0.795. The number of nitrogens with zero attached hydrogens (tertiary/aromatic N) is 2. The summed E-state index contributed by atoms with van der Waals surface area (Å²) >= 11 is 5.87. The monoisotopic (exact) mass is 219 g/mol. The molecule has 0 saturated carbocycles. The summed E-state index contributed by atoms with van der Waals surface area (Å²) < 4.78 is 0. The van der Waals surface area contributed by atoms with Crippen LogP contribution in [0.5, 0.6) is 0 Å². The molecular formula is C11H10ClN3. The van der Waals surface area contributed by atoms with Gasteiger partial charge in [-0.05, 0) is 18.6 Å². The maximum atomic E-state index is 8.81. The molecule has 0 fully saturated rings. The predicted octanol–water partition coefficient (Wildman–Crippen LogP) is 2.99. The van der Waals surface area contributed by atoms with Crippen LogP contribution in [0.15, 0.2) is 36.0 Å². The zero-order valence-electron chi connectivity index (χ0n) is 8.29. The standard InChI is InChI=1S/C11H10ClN3/c1-3-8(5-9(12)4-2)10-7-14-15-11(10)6-13/h3-5,7H,1H2,2H3,(H,14,15)/b8-5+,9-4+. The van der Waals surface area contributed by atoms with Crippen molar-refractivity contribution in [3.05, 3.63) is 47.3 Å². The first-order chi connectivity index (χ1) is 7.22. The zero-order chi connectivity index (χ0) is 11.3. The molecule has 0 atom stereocenters. The Balaban J connectivity index is 3.20. The molecule has 0 aliphatic carbocycles. The van der Waals surface area contributed by atoms with Gasteiger partial charge in [0.15, 0.2) is 0 Å². The van der Waals surface area contributed by atoms with E-state index in [2.05, 4.69) is 16.8 Å². The molecule has 1 N–H and O–H groups in total. The lowest BCUT2D eigenvalue weighted by atomic mass is 10.1. The summed E-state index contributed by atoms with van der Waals surface area (Å²) in [5, 5.41) is 15.8. The van der Waals surface area contributed by atoms with E-state index in [-0.39, 0.29) is 0 Å². The van der Waals surface area contributed by atoms with E-state index in [0.717, 1.165) is 5.57 Å². The molecule has 0 unspecified atom stereocenters. The van der Waals surface area contributed by atoms with E-state index < -0.39 is 0 Å². The van der Waals surface area contributed by atoms with Crippen molar-refractivity contribution >= 4 is 17.2 Å². The van der Waals surface area contributed by atoms with Crippen LogP contribution in [0.2, 0.25) is 0 Å². The molecule has 15 heavy (non-hydrogen) atoms. The van der Waals surface area contributed by atoms with Crippen LogP contribution in [0.3, 0.4) is 0 Å². The third-order valence-corrected chi connectivity index (χ3v) is 2.18.